The van der Waals surface area contributed by atoms with Crippen LogP contribution >= 0.6 is 11.6 Å². The Labute approximate surface area is 119 Å². The van der Waals surface area contributed by atoms with E-state index in [-0.39, 0.29) is 0 Å². The van der Waals surface area contributed by atoms with Crippen LogP contribution in [0.5, 0.6) is 11.5 Å². The summed E-state index contributed by atoms with van der Waals surface area (Å²) in [7, 11) is 0. The fraction of sp³-hybridized carbons (Fsp3) is 0.250. The monoisotopic (exact) mass is 275 g/mol. The Morgan fingerprint density at radius 2 is 2.00 bits per heavy atom. The van der Waals surface area contributed by atoms with E-state index < -0.39 is 0 Å². The zero-order valence-corrected chi connectivity index (χ0v) is 12.0. The maximum Gasteiger partial charge on any atom is 0.131 e. The first-order valence-electron chi connectivity index (χ1n) is 6.42. The second kappa shape index (κ2) is 6.60. The molecule has 19 heavy (non-hydrogen) atoms. The molecule has 2 rings (SSSR count). The predicted molar refractivity (Wildman–Crippen MR) is 80.1 cm³/mol. The highest BCUT2D eigenvalue weighted by Gasteiger charge is 2.05. The van der Waals surface area contributed by atoms with E-state index in [4.69, 9.17) is 16.3 Å². The number of hydrogen-bond donors (Lipinski definition) is 1. The fourth-order valence-corrected chi connectivity index (χ4v) is 2.04. The third kappa shape index (κ3) is 3.98. The Hall–Kier alpha value is -1.51. The summed E-state index contributed by atoms with van der Waals surface area (Å²) < 4.78 is 5.92. The first-order chi connectivity index (χ1) is 9.19. The fourth-order valence-electron chi connectivity index (χ4n) is 1.86. The van der Waals surface area contributed by atoms with Gasteiger partial charge in [-0.25, -0.2) is 0 Å². The molecule has 0 amide bonds. The van der Waals surface area contributed by atoms with E-state index in [1.165, 1.54) is 5.56 Å². The maximum atomic E-state index is 5.97. The standard InChI is InChI=1S/C16H18ClNO/c1-3-18-11-13-9-12(2)7-8-16(13)19-15-6-4-5-14(17)10-15/h4-10,18H,3,11H2,1-2H3. The van der Waals surface area contributed by atoms with Gasteiger partial charge in [-0.3, -0.25) is 0 Å². The lowest BCUT2D eigenvalue weighted by molar-refractivity contribution is 0.473. The molecule has 0 aliphatic rings. The van der Waals surface area contributed by atoms with Crippen LogP contribution in [-0.2, 0) is 6.54 Å². The number of halogens is 1. The number of rotatable bonds is 5. The minimum absolute atomic E-state index is 0.679. The van der Waals surface area contributed by atoms with Crippen molar-refractivity contribution in [2.45, 2.75) is 20.4 Å². The number of nitrogens with one attached hydrogen (secondary N) is 1. The van der Waals surface area contributed by atoms with Crippen LogP contribution in [0.3, 0.4) is 0 Å². The molecular weight excluding hydrogens is 258 g/mol. The highest BCUT2D eigenvalue weighted by molar-refractivity contribution is 6.30. The number of hydrogen-bond acceptors (Lipinski definition) is 2. The van der Waals surface area contributed by atoms with Crippen LogP contribution in [0.15, 0.2) is 42.5 Å². The summed E-state index contributed by atoms with van der Waals surface area (Å²) in [5.74, 6) is 1.63. The van der Waals surface area contributed by atoms with Crippen molar-refractivity contribution in [1.29, 1.82) is 0 Å². The molecule has 0 radical (unpaired) electrons. The van der Waals surface area contributed by atoms with Crippen molar-refractivity contribution in [1.82, 2.24) is 5.32 Å². The highest BCUT2D eigenvalue weighted by atomic mass is 35.5. The first kappa shape index (κ1) is 13.9. The lowest BCUT2D eigenvalue weighted by Gasteiger charge is -2.12. The first-order valence-corrected chi connectivity index (χ1v) is 6.80. The van der Waals surface area contributed by atoms with Gasteiger partial charge in [0.1, 0.15) is 11.5 Å². The largest absolute Gasteiger partial charge is 0.457 e. The average Bonchev–Trinajstić information content (AvgIpc) is 2.39. The van der Waals surface area contributed by atoms with Crippen molar-refractivity contribution in [3.05, 3.63) is 58.6 Å². The normalized spacial score (nSPS) is 10.5. The third-order valence-corrected chi connectivity index (χ3v) is 3.04. The Bertz CT molecular complexity index is 554. The van der Waals surface area contributed by atoms with Gasteiger partial charge in [-0.05, 0) is 37.7 Å². The zero-order valence-electron chi connectivity index (χ0n) is 11.2. The molecule has 0 fully saturated rings. The van der Waals surface area contributed by atoms with Gasteiger partial charge in [0.15, 0.2) is 0 Å². The Balaban J connectivity index is 2.23. The van der Waals surface area contributed by atoms with Gasteiger partial charge in [-0.2, -0.15) is 0 Å². The summed E-state index contributed by atoms with van der Waals surface area (Å²) in [6.45, 7) is 5.91. The van der Waals surface area contributed by atoms with Gasteiger partial charge in [-0.15, -0.1) is 0 Å². The van der Waals surface area contributed by atoms with Crippen LogP contribution in [0.25, 0.3) is 0 Å². The summed E-state index contributed by atoms with van der Waals surface area (Å²) in [6.07, 6.45) is 0. The molecule has 0 heterocycles. The molecule has 2 nitrogen and oxygen atoms in total. The van der Waals surface area contributed by atoms with Crippen LogP contribution in [0.4, 0.5) is 0 Å². The van der Waals surface area contributed by atoms with Crippen LogP contribution in [0.2, 0.25) is 5.02 Å². The van der Waals surface area contributed by atoms with Gasteiger partial charge in [-0.1, -0.05) is 42.3 Å². The van der Waals surface area contributed by atoms with Crippen molar-refractivity contribution in [2.75, 3.05) is 6.54 Å². The van der Waals surface area contributed by atoms with E-state index in [0.717, 1.165) is 30.2 Å². The van der Waals surface area contributed by atoms with Gasteiger partial charge in [0.05, 0.1) is 0 Å². The molecule has 3 heteroatoms. The van der Waals surface area contributed by atoms with E-state index in [0.29, 0.717) is 5.02 Å². The van der Waals surface area contributed by atoms with Gasteiger partial charge in [0, 0.05) is 17.1 Å². The van der Waals surface area contributed by atoms with Gasteiger partial charge in [0.2, 0.25) is 0 Å². The summed E-state index contributed by atoms with van der Waals surface area (Å²) in [6, 6.07) is 13.6. The van der Waals surface area contributed by atoms with Crippen LogP contribution in [0, 0.1) is 6.92 Å². The smallest absolute Gasteiger partial charge is 0.131 e. The van der Waals surface area contributed by atoms with E-state index in [2.05, 4.69) is 31.3 Å². The third-order valence-electron chi connectivity index (χ3n) is 2.81. The molecule has 0 aromatic heterocycles. The topological polar surface area (TPSA) is 21.3 Å². The van der Waals surface area contributed by atoms with Gasteiger partial charge >= 0.3 is 0 Å². The molecule has 0 saturated heterocycles. The Morgan fingerprint density at radius 1 is 1.16 bits per heavy atom. The van der Waals surface area contributed by atoms with E-state index in [1.54, 1.807) is 0 Å². The molecule has 0 bridgehead atoms. The summed E-state index contributed by atoms with van der Waals surface area (Å²) in [5.41, 5.74) is 2.38. The second-order valence-corrected chi connectivity index (χ2v) is 4.89. The minimum Gasteiger partial charge on any atom is -0.457 e. The molecule has 0 aliphatic carbocycles. The van der Waals surface area contributed by atoms with Crippen molar-refractivity contribution >= 4 is 11.6 Å². The lowest BCUT2D eigenvalue weighted by atomic mass is 10.1. The summed E-state index contributed by atoms with van der Waals surface area (Å²) >= 11 is 5.97. The Morgan fingerprint density at radius 3 is 2.74 bits per heavy atom. The molecule has 1 N–H and O–H groups in total. The SMILES string of the molecule is CCNCc1cc(C)ccc1Oc1cccc(Cl)c1. The van der Waals surface area contributed by atoms with Crippen molar-refractivity contribution in [2.24, 2.45) is 0 Å². The van der Waals surface area contributed by atoms with Gasteiger partial charge in [0.25, 0.3) is 0 Å². The molecule has 2 aromatic carbocycles. The van der Waals surface area contributed by atoms with Crippen molar-refractivity contribution in [3.8, 4) is 11.5 Å². The molecule has 0 aliphatic heterocycles. The van der Waals surface area contributed by atoms with Crippen molar-refractivity contribution in [3.63, 3.8) is 0 Å². The second-order valence-electron chi connectivity index (χ2n) is 4.45. The average molecular weight is 276 g/mol. The van der Waals surface area contributed by atoms with E-state index >= 15 is 0 Å². The quantitative estimate of drug-likeness (QED) is 0.864. The van der Waals surface area contributed by atoms with Crippen LogP contribution in [0.1, 0.15) is 18.1 Å². The number of ether oxygens (including phenoxy) is 1. The number of benzene rings is 2. The summed E-state index contributed by atoms with van der Waals surface area (Å²) in [5, 5.41) is 4.00. The van der Waals surface area contributed by atoms with Crippen LogP contribution < -0.4 is 10.1 Å². The lowest BCUT2D eigenvalue weighted by Crippen LogP contribution is -2.12. The summed E-state index contributed by atoms with van der Waals surface area (Å²) in [4.78, 5) is 0. The molecular formula is C16H18ClNO. The minimum atomic E-state index is 0.679. The zero-order chi connectivity index (χ0) is 13.7. The molecule has 0 unspecified atom stereocenters. The predicted octanol–water partition coefficient (Wildman–Crippen LogP) is 4.55. The molecule has 2 aromatic rings. The van der Waals surface area contributed by atoms with Crippen molar-refractivity contribution < 1.29 is 4.74 Å². The highest BCUT2D eigenvalue weighted by Crippen LogP contribution is 2.27. The maximum absolute atomic E-state index is 5.97. The van der Waals surface area contributed by atoms with E-state index in [1.807, 2.05) is 30.3 Å². The molecule has 0 atom stereocenters. The molecule has 0 saturated carbocycles. The molecule has 100 valence electrons. The van der Waals surface area contributed by atoms with Crippen LogP contribution in [-0.4, -0.2) is 6.54 Å². The van der Waals surface area contributed by atoms with E-state index in [9.17, 15) is 0 Å². The molecule has 0 spiro atoms. The Kier molecular flexibility index (Phi) is 4.83. The van der Waals surface area contributed by atoms with Gasteiger partial charge < -0.3 is 10.1 Å². The number of aryl methyl sites for hydroxylation is 1.